The van der Waals surface area contributed by atoms with Crippen LogP contribution in [0.3, 0.4) is 0 Å². The molecule has 0 aliphatic carbocycles. The van der Waals surface area contributed by atoms with Gasteiger partial charge in [0.2, 0.25) is 0 Å². The molecule has 3 rings (SSSR count). The van der Waals surface area contributed by atoms with Crippen molar-refractivity contribution in [3.8, 4) is 22.5 Å². The monoisotopic (exact) mass is 282 g/mol. The van der Waals surface area contributed by atoms with Crippen LogP contribution in [0.5, 0.6) is 0 Å². The van der Waals surface area contributed by atoms with Gasteiger partial charge in [-0.15, -0.1) is 0 Å². The summed E-state index contributed by atoms with van der Waals surface area (Å²) < 4.78 is 0. The number of nitro groups is 1. The van der Waals surface area contributed by atoms with Gasteiger partial charge in [0.15, 0.2) is 0 Å². The average Bonchev–Trinajstić information content (AvgIpc) is 2.90. The average molecular weight is 282 g/mol. The Bertz CT molecular complexity index is 835. The second-order valence-corrected chi connectivity index (χ2v) is 4.35. The minimum atomic E-state index is -0.481. The Hall–Kier alpha value is -3.22. The first-order valence-electron chi connectivity index (χ1n) is 6.13. The van der Waals surface area contributed by atoms with Crippen LogP contribution in [0.2, 0.25) is 0 Å². The fourth-order valence-electron chi connectivity index (χ4n) is 2.09. The lowest BCUT2D eigenvalue weighted by Crippen LogP contribution is -2.02. The smallest absolute Gasteiger partial charge is 0.272 e. The first kappa shape index (κ1) is 12.8. The molecular weight excluding hydrogens is 272 g/mol. The van der Waals surface area contributed by atoms with Gasteiger partial charge in [0, 0.05) is 18.3 Å². The lowest BCUT2D eigenvalue weighted by atomic mass is 10.0. The number of pyridine rings is 1. The van der Waals surface area contributed by atoms with Crippen LogP contribution in [-0.2, 0) is 0 Å². The number of aromatic nitrogens is 3. The Morgan fingerprint density at radius 2 is 1.81 bits per heavy atom. The summed E-state index contributed by atoms with van der Waals surface area (Å²) in [5.74, 6) is 0. The molecule has 2 heterocycles. The highest BCUT2D eigenvalue weighted by Crippen LogP contribution is 2.27. The number of hydrogen-bond acceptors (Lipinski definition) is 4. The van der Waals surface area contributed by atoms with Crippen molar-refractivity contribution in [2.75, 3.05) is 0 Å². The summed E-state index contributed by atoms with van der Waals surface area (Å²) in [5.41, 5.74) is 1.83. The number of benzene rings is 1. The van der Waals surface area contributed by atoms with Gasteiger partial charge in [0.1, 0.15) is 0 Å². The van der Waals surface area contributed by atoms with Crippen LogP contribution in [0.1, 0.15) is 0 Å². The van der Waals surface area contributed by atoms with Crippen molar-refractivity contribution in [3.05, 3.63) is 69.1 Å². The molecule has 7 nitrogen and oxygen atoms in total. The minimum absolute atomic E-state index is 0.0231. The van der Waals surface area contributed by atoms with E-state index in [-0.39, 0.29) is 11.2 Å². The zero-order valence-electron chi connectivity index (χ0n) is 10.7. The number of non-ortho nitro benzene ring substituents is 1. The summed E-state index contributed by atoms with van der Waals surface area (Å²) in [5, 5.41) is 16.0. The van der Waals surface area contributed by atoms with E-state index in [2.05, 4.69) is 15.2 Å². The maximum atomic E-state index is 12.0. The summed E-state index contributed by atoms with van der Waals surface area (Å²) in [6.07, 6.45) is 1.63. The second kappa shape index (κ2) is 5.04. The second-order valence-electron chi connectivity index (χ2n) is 4.35. The quantitative estimate of drug-likeness (QED) is 0.568. The molecule has 0 atom stereocenters. The molecule has 104 valence electrons. The fourth-order valence-corrected chi connectivity index (χ4v) is 2.09. The van der Waals surface area contributed by atoms with Crippen molar-refractivity contribution in [1.82, 2.24) is 15.2 Å². The van der Waals surface area contributed by atoms with Crippen LogP contribution in [0.15, 0.2) is 53.5 Å². The van der Waals surface area contributed by atoms with E-state index in [1.165, 1.54) is 12.1 Å². The van der Waals surface area contributed by atoms with E-state index in [1.807, 2.05) is 6.07 Å². The molecule has 0 spiro atoms. The van der Waals surface area contributed by atoms with Gasteiger partial charge in [-0.1, -0.05) is 6.07 Å². The predicted molar refractivity (Wildman–Crippen MR) is 76.7 cm³/mol. The summed E-state index contributed by atoms with van der Waals surface area (Å²) in [4.78, 5) is 26.4. The molecule has 7 heteroatoms. The Kier molecular flexibility index (Phi) is 3.07. The van der Waals surface area contributed by atoms with E-state index < -0.39 is 4.92 Å². The number of aromatic amines is 2. The third-order valence-corrected chi connectivity index (χ3v) is 3.07. The van der Waals surface area contributed by atoms with Crippen LogP contribution >= 0.6 is 0 Å². The first-order valence-corrected chi connectivity index (χ1v) is 6.13. The van der Waals surface area contributed by atoms with E-state index in [9.17, 15) is 14.9 Å². The van der Waals surface area contributed by atoms with Crippen molar-refractivity contribution in [1.29, 1.82) is 0 Å². The largest absolute Gasteiger partial charge is 0.295 e. The number of nitro benzene ring substituents is 1. The van der Waals surface area contributed by atoms with E-state index in [0.29, 0.717) is 22.5 Å². The van der Waals surface area contributed by atoms with E-state index in [0.717, 1.165) is 0 Å². The van der Waals surface area contributed by atoms with E-state index >= 15 is 0 Å². The predicted octanol–water partition coefficient (Wildman–Crippen LogP) is 2.34. The number of nitrogens with one attached hydrogen (secondary N) is 2. The molecule has 0 amide bonds. The van der Waals surface area contributed by atoms with Gasteiger partial charge >= 0.3 is 0 Å². The van der Waals surface area contributed by atoms with Gasteiger partial charge in [-0.3, -0.25) is 30.1 Å². The molecule has 1 aromatic carbocycles. The van der Waals surface area contributed by atoms with Crippen LogP contribution < -0.4 is 5.56 Å². The highest BCUT2D eigenvalue weighted by Gasteiger charge is 2.15. The van der Waals surface area contributed by atoms with Gasteiger partial charge < -0.3 is 0 Å². The maximum Gasteiger partial charge on any atom is 0.272 e. The fraction of sp³-hybridized carbons (Fsp3) is 0. The highest BCUT2D eigenvalue weighted by molar-refractivity contribution is 5.78. The summed E-state index contributed by atoms with van der Waals surface area (Å²) in [6.45, 7) is 0. The minimum Gasteiger partial charge on any atom is -0.295 e. The van der Waals surface area contributed by atoms with E-state index in [4.69, 9.17) is 0 Å². The Morgan fingerprint density at radius 3 is 2.43 bits per heavy atom. The Morgan fingerprint density at radius 1 is 1.05 bits per heavy atom. The molecule has 21 heavy (non-hydrogen) atoms. The van der Waals surface area contributed by atoms with Crippen molar-refractivity contribution < 1.29 is 4.92 Å². The summed E-state index contributed by atoms with van der Waals surface area (Å²) >= 11 is 0. The molecule has 3 aromatic rings. The normalized spacial score (nSPS) is 10.5. The lowest BCUT2D eigenvalue weighted by Gasteiger charge is -2.02. The van der Waals surface area contributed by atoms with Crippen molar-refractivity contribution in [2.45, 2.75) is 0 Å². The zero-order valence-corrected chi connectivity index (χ0v) is 10.7. The zero-order chi connectivity index (χ0) is 14.8. The third kappa shape index (κ3) is 2.32. The van der Waals surface area contributed by atoms with Gasteiger partial charge in [-0.05, 0) is 29.8 Å². The van der Waals surface area contributed by atoms with Gasteiger partial charge in [-0.2, -0.15) is 0 Å². The SMILES string of the molecule is O=c1[nH][nH]c(-c2ccccn2)c1-c1ccc([N+](=O)[O-])cc1. The molecule has 0 fully saturated rings. The first-order chi connectivity index (χ1) is 10.2. The molecule has 0 radical (unpaired) electrons. The number of rotatable bonds is 3. The lowest BCUT2D eigenvalue weighted by molar-refractivity contribution is -0.384. The van der Waals surface area contributed by atoms with Crippen LogP contribution in [0.25, 0.3) is 22.5 Å². The van der Waals surface area contributed by atoms with Crippen molar-refractivity contribution in [3.63, 3.8) is 0 Å². The summed E-state index contributed by atoms with van der Waals surface area (Å²) in [6, 6.07) is 11.2. The topological polar surface area (TPSA) is 105 Å². The number of hydrogen-bond donors (Lipinski definition) is 2. The third-order valence-electron chi connectivity index (χ3n) is 3.07. The van der Waals surface area contributed by atoms with Crippen LogP contribution in [0, 0.1) is 10.1 Å². The molecule has 0 aliphatic rings. The molecule has 0 unspecified atom stereocenters. The Balaban J connectivity index is 2.13. The Labute approximate surface area is 118 Å². The van der Waals surface area contributed by atoms with Crippen LogP contribution in [-0.4, -0.2) is 20.1 Å². The maximum absolute atomic E-state index is 12.0. The van der Waals surface area contributed by atoms with E-state index in [1.54, 1.807) is 30.5 Å². The van der Waals surface area contributed by atoms with Gasteiger partial charge in [0.25, 0.3) is 11.2 Å². The molecule has 0 aliphatic heterocycles. The molecule has 0 saturated carbocycles. The molecule has 2 N–H and O–H groups in total. The number of H-pyrrole nitrogens is 2. The molecule has 2 aromatic heterocycles. The van der Waals surface area contributed by atoms with Crippen molar-refractivity contribution >= 4 is 5.69 Å². The molecule has 0 saturated heterocycles. The molecule has 0 bridgehead atoms. The highest BCUT2D eigenvalue weighted by atomic mass is 16.6. The van der Waals surface area contributed by atoms with Crippen LogP contribution in [0.4, 0.5) is 5.69 Å². The summed E-state index contributed by atoms with van der Waals surface area (Å²) in [7, 11) is 0. The molecular formula is C14H10N4O3. The number of nitrogens with zero attached hydrogens (tertiary/aromatic N) is 2. The van der Waals surface area contributed by atoms with Gasteiger partial charge in [0.05, 0.1) is 21.9 Å². The van der Waals surface area contributed by atoms with Gasteiger partial charge in [-0.25, -0.2) is 0 Å². The van der Waals surface area contributed by atoms with Crippen molar-refractivity contribution in [2.24, 2.45) is 0 Å². The standard InChI is InChI=1S/C14H10N4O3/c19-14-12(9-4-6-10(7-5-9)18(20)21)13(16-17-14)11-3-1-2-8-15-11/h1-8H,(H2,16,17,19).